The molecule has 0 aliphatic heterocycles. The van der Waals surface area contributed by atoms with Crippen LogP contribution < -0.4 is 6.15 Å². The first-order valence-electron chi connectivity index (χ1n) is 5.99. The predicted molar refractivity (Wildman–Crippen MR) is 79.7 cm³/mol. The molecule has 0 bridgehead atoms. The largest absolute Gasteiger partial charge is 0.344 e. The van der Waals surface area contributed by atoms with Crippen molar-refractivity contribution in [3.05, 3.63) is 66.9 Å². The summed E-state index contributed by atoms with van der Waals surface area (Å²) in [6.45, 7) is 0. The molecular weight excluding hydrogens is 250 g/mol. The number of H-pyrrole nitrogens is 1. The molecule has 0 aliphatic carbocycles. The Morgan fingerprint density at radius 3 is 2.15 bits per heavy atom. The van der Waals surface area contributed by atoms with Crippen molar-refractivity contribution < 1.29 is 0 Å². The van der Waals surface area contributed by atoms with Crippen molar-refractivity contribution in [1.29, 1.82) is 0 Å². The number of nitrogens with one attached hydrogen (secondary N) is 1. The third-order valence-electron chi connectivity index (χ3n) is 2.71. The highest BCUT2D eigenvalue weighted by Crippen LogP contribution is 2.28. The molecule has 0 aliphatic rings. The molecule has 0 radical (unpaired) electrons. The van der Waals surface area contributed by atoms with Gasteiger partial charge in [0.05, 0.1) is 17.6 Å². The van der Waals surface area contributed by atoms with Crippen molar-refractivity contribution in [1.82, 2.24) is 16.3 Å². The topological polar surface area (TPSA) is 88.4 Å². The molecule has 4 N–H and O–H groups in total. The predicted octanol–water partition coefficient (Wildman–Crippen LogP) is 4.65. The SMILES string of the molecule is N.c1ccc(N=Nc2cn[nH]c2-c2ccccc2)cc1. The molecule has 0 spiro atoms. The third-order valence-corrected chi connectivity index (χ3v) is 2.71. The van der Waals surface area contributed by atoms with Gasteiger partial charge in [-0.25, -0.2) is 0 Å². The van der Waals surface area contributed by atoms with Crippen molar-refractivity contribution in [2.45, 2.75) is 0 Å². The van der Waals surface area contributed by atoms with Gasteiger partial charge in [0.1, 0.15) is 5.69 Å². The van der Waals surface area contributed by atoms with Crippen LogP contribution in [0.3, 0.4) is 0 Å². The van der Waals surface area contributed by atoms with Crippen LogP contribution in [0.15, 0.2) is 77.1 Å². The first-order valence-corrected chi connectivity index (χ1v) is 5.99. The Kier molecular flexibility index (Phi) is 4.36. The zero-order chi connectivity index (χ0) is 12.9. The summed E-state index contributed by atoms with van der Waals surface area (Å²) in [4.78, 5) is 0. The lowest BCUT2D eigenvalue weighted by molar-refractivity contribution is 1.10. The van der Waals surface area contributed by atoms with Crippen molar-refractivity contribution >= 4 is 11.4 Å². The van der Waals surface area contributed by atoms with E-state index in [0.717, 1.165) is 22.6 Å². The van der Waals surface area contributed by atoms with E-state index in [9.17, 15) is 0 Å². The summed E-state index contributed by atoms with van der Waals surface area (Å²) in [7, 11) is 0. The summed E-state index contributed by atoms with van der Waals surface area (Å²) in [5.41, 5.74) is 3.47. The Hall–Kier alpha value is -2.79. The number of benzene rings is 2. The van der Waals surface area contributed by atoms with Gasteiger partial charge in [-0.05, 0) is 12.1 Å². The molecule has 0 saturated heterocycles. The van der Waals surface area contributed by atoms with Crippen LogP contribution >= 0.6 is 0 Å². The summed E-state index contributed by atoms with van der Waals surface area (Å²) < 4.78 is 0. The van der Waals surface area contributed by atoms with Crippen molar-refractivity contribution in [3.63, 3.8) is 0 Å². The first-order chi connectivity index (χ1) is 9.43. The molecule has 100 valence electrons. The van der Waals surface area contributed by atoms with E-state index in [1.165, 1.54) is 0 Å². The molecular formula is C15H15N5. The molecule has 1 heterocycles. The van der Waals surface area contributed by atoms with Gasteiger partial charge in [0.2, 0.25) is 0 Å². The fourth-order valence-electron chi connectivity index (χ4n) is 1.78. The zero-order valence-electron chi connectivity index (χ0n) is 10.9. The van der Waals surface area contributed by atoms with Gasteiger partial charge in [0.15, 0.2) is 0 Å². The second-order valence-corrected chi connectivity index (χ2v) is 4.03. The maximum Gasteiger partial charge on any atom is 0.131 e. The Balaban J connectivity index is 0.00000147. The molecule has 20 heavy (non-hydrogen) atoms. The molecule has 0 unspecified atom stereocenters. The van der Waals surface area contributed by atoms with E-state index < -0.39 is 0 Å². The lowest BCUT2D eigenvalue weighted by Gasteiger charge is -1.97. The number of hydrogen-bond acceptors (Lipinski definition) is 4. The number of azo groups is 1. The summed E-state index contributed by atoms with van der Waals surface area (Å²) in [6, 6.07) is 19.6. The van der Waals surface area contributed by atoms with E-state index in [1.807, 2.05) is 60.7 Å². The molecule has 0 atom stereocenters. The van der Waals surface area contributed by atoms with Gasteiger partial charge in [0.25, 0.3) is 0 Å². The molecule has 0 amide bonds. The van der Waals surface area contributed by atoms with E-state index in [-0.39, 0.29) is 6.15 Å². The van der Waals surface area contributed by atoms with Gasteiger partial charge in [-0.2, -0.15) is 10.2 Å². The van der Waals surface area contributed by atoms with Crippen LogP contribution in [0.25, 0.3) is 11.3 Å². The summed E-state index contributed by atoms with van der Waals surface area (Å²) in [5.74, 6) is 0. The van der Waals surface area contributed by atoms with Crippen LogP contribution in [0.4, 0.5) is 11.4 Å². The maximum absolute atomic E-state index is 4.24. The molecule has 5 heteroatoms. The highest BCUT2D eigenvalue weighted by atomic mass is 15.2. The number of aromatic amines is 1. The average molecular weight is 265 g/mol. The Morgan fingerprint density at radius 1 is 0.800 bits per heavy atom. The van der Waals surface area contributed by atoms with Crippen LogP contribution in [-0.4, -0.2) is 10.2 Å². The number of rotatable bonds is 3. The fourth-order valence-corrected chi connectivity index (χ4v) is 1.78. The van der Waals surface area contributed by atoms with E-state index in [2.05, 4.69) is 20.4 Å². The van der Waals surface area contributed by atoms with Gasteiger partial charge >= 0.3 is 0 Å². The quantitative estimate of drug-likeness (QED) is 0.675. The normalized spacial score (nSPS) is 10.4. The van der Waals surface area contributed by atoms with Gasteiger partial charge in [-0.3, -0.25) is 5.10 Å². The maximum atomic E-state index is 4.24. The Labute approximate surface area is 117 Å². The van der Waals surface area contributed by atoms with Crippen molar-refractivity contribution in [2.24, 2.45) is 10.2 Å². The number of nitrogens with zero attached hydrogens (tertiary/aromatic N) is 3. The second kappa shape index (κ2) is 6.40. The molecule has 3 rings (SSSR count). The van der Waals surface area contributed by atoms with E-state index in [4.69, 9.17) is 0 Å². The minimum absolute atomic E-state index is 0. The molecule has 1 aromatic heterocycles. The smallest absolute Gasteiger partial charge is 0.131 e. The highest BCUT2D eigenvalue weighted by molar-refractivity contribution is 5.71. The first kappa shape index (κ1) is 13.6. The van der Waals surface area contributed by atoms with Crippen LogP contribution in [0, 0.1) is 0 Å². The standard InChI is InChI=1S/C15H12N4.H3N/c1-3-7-12(8-4-1)15-14(11-16-19-15)18-17-13-9-5-2-6-10-13;/h1-11H,(H,16,19);1H3. The number of aromatic nitrogens is 2. The van der Waals surface area contributed by atoms with E-state index in [1.54, 1.807) is 6.20 Å². The second-order valence-electron chi connectivity index (χ2n) is 4.03. The molecule has 0 fully saturated rings. The van der Waals surface area contributed by atoms with Gasteiger partial charge < -0.3 is 6.15 Å². The summed E-state index contributed by atoms with van der Waals surface area (Å²) in [6.07, 6.45) is 1.68. The minimum atomic E-state index is 0. The monoisotopic (exact) mass is 265 g/mol. The van der Waals surface area contributed by atoms with Gasteiger partial charge in [0, 0.05) is 5.56 Å². The van der Waals surface area contributed by atoms with Crippen LogP contribution in [0.2, 0.25) is 0 Å². The molecule has 3 aromatic rings. The minimum Gasteiger partial charge on any atom is -0.344 e. The summed E-state index contributed by atoms with van der Waals surface area (Å²) in [5, 5.41) is 15.4. The average Bonchev–Trinajstić information content (AvgIpc) is 2.95. The van der Waals surface area contributed by atoms with E-state index in [0.29, 0.717) is 0 Å². The third kappa shape index (κ3) is 2.96. The number of hydrogen-bond donors (Lipinski definition) is 2. The van der Waals surface area contributed by atoms with Crippen LogP contribution in [0.1, 0.15) is 0 Å². The van der Waals surface area contributed by atoms with Crippen molar-refractivity contribution in [3.8, 4) is 11.3 Å². The van der Waals surface area contributed by atoms with Crippen LogP contribution in [-0.2, 0) is 0 Å². The lowest BCUT2D eigenvalue weighted by atomic mass is 10.1. The van der Waals surface area contributed by atoms with E-state index >= 15 is 0 Å². The van der Waals surface area contributed by atoms with Gasteiger partial charge in [-0.1, -0.05) is 48.5 Å². The fraction of sp³-hybridized carbons (Fsp3) is 0. The Morgan fingerprint density at radius 2 is 1.45 bits per heavy atom. The summed E-state index contributed by atoms with van der Waals surface area (Å²) >= 11 is 0. The van der Waals surface area contributed by atoms with Gasteiger partial charge in [-0.15, -0.1) is 5.11 Å². The molecule has 0 saturated carbocycles. The molecule has 2 aromatic carbocycles. The Bertz CT molecular complexity index is 674. The van der Waals surface area contributed by atoms with Crippen LogP contribution in [0.5, 0.6) is 0 Å². The highest BCUT2D eigenvalue weighted by Gasteiger charge is 2.06. The lowest BCUT2D eigenvalue weighted by Crippen LogP contribution is -1.77. The van der Waals surface area contributed by atoms with Crippen molar-refractivity contribution in [2.75, 3.05) is 0 Å². The molecule has 5 nitrogen and oxygen atoms in total. The zero-order valence-corrected chi connectivity index (χ0v) is 10.9.